The number of carbonyl (C=O) groups excluding carboxylic acids is 2. The van der Waals surface area contributed by atoms with Crippen molar-refractivity contribution in [1.29, 1.82) is 0 Å². The lowest BCUT2D eigenvalue weighted by molar-refractivity contribution is -0.121. The number of benzene rings is 2. The van der Waals surface area contributed by atoms with Crippen LogP contribution in [0.2, 0.25) is 0 Å². The maximum absolute atomic E-state index is 13.7. The van der Waals surface area contributed by atoms with Gasteiger partial charge in [-0.3, -0.25) is 9.59 Å². The molecule has 0 atom stereocenters. The predicted molar refractivity (Wildman–Crippen MR) is 130 cm³/mol. The van der Waals surface area contributed by atoms with Crippen molar-refractivity contribution in [3.8, 4) is 0 Å². The average molecular weight is 454 g/mol. The van der Waals surface area contributed by atoms with Crippen LogP contribution in [0.5, 0.6) is 0 Å². The van der Waals surface area contributed by atoms with Gasteiger partial charge in [-0.2, -0.15) is 0 Å². The highest BCUT2D eigenvalue weighted by atomic mass is 19.1. The number of anilines is 1. The number of halogens is 1. The number of likely N-dealkylation sites (tertiary alicyclic amines) is 1. The summed E-state index contributed by atoms with van der Waals surface area (Å²) in [4.78, 5) is 29.4. The van der Waals surface area contributed by atoms with Gasteiger partial charge in [-0.1, -0.05) is 44.5 Å². The molecule has 6 heteroatoms. The molecule has 2 aromatic carbocycles. The van der Waals surface area contributed by atoms with Crippen LogP contribution in [0.4, 0.5) is 10.1 Å². The topological polar surface area (TPSA) is 52.7 Å². The van der Waals surface area contributed by atoms with Gasteiger partial charge in [0.1, 0.15) is 5.82 Å². The minimum atomic E-state index is -0.314. The van der Waals surface area contributed by atoms with Crippen LogP contribution in [-0.2, 0) is 22.6 Å². The maximum Gasteiger partial charge on any atom is 0.227 e. The summed E-state index contributed by atoms with van der Waals surface area (Å²) in [7, 11) is 0. The second kappa shape index (κ2) is 12.5. The van der Waals surface area contributed by atoms with E-state index in [1.54, 1.807) is 11.0 Å². The Morgan fingerprint density at radius 2 is 1.76 bits per heavy atom. The average Bonchev–Trinajstić information content (AvgIpc) is 2.78. The smallest absolute Gasteiger partial charge is 0.227 e. The number of piperidine rings is 1. The zero-order valence-electron chi connectivity index (χ0n) is 19.9. The second-order valence-electron chi connectivity index (χ2n) is 9.30. The second-order valence-corrected chi connectivity index (χ2v) is 9.30. The minimum Gasteiger partial charge on any atom is -0.355 e. The van der Waals surface area contributed by atoms with Crippen molar-refractivity contribution in [2.75, 3.05) is 31.1 Å². The molecular formula is C27H36FN3O2. The van der Waals surface area contributed by atoms with Crippen LogP contribution in [-0.4, -0.2) is 42.9 Å². The van der Waals surface area contributed by atoms with E-state index in [9.17, 15) is 14.0 Å². The van der Waals surface area contributed by atoms with Gasteiger partial charge in [-0.25, -0.2) is 4.39 Å². The lowest BCUT2D eigenvalue weighted by atomic mass is 10.1. The Kier molecular flexibility index (Phi) is 9.43. The summed E-state index contributed by atoms with van der Waals surface area (Å²) in [6.07, 6.45) is 4.52. The molecule has 0 radical (unpaired) electrons. The first-order valence-corrected chi connectivity index (χ1v) is 12.0. The third-order valence-electron chi connectivity index (χ3n) is 5.93. The van der Waals surface area contributed by atoms with E-state index >= 15 is 0 Å². The van der Waals surface area contributed by atoms with Gasteiger partial charge in [0.15, 0.2) is 0 Å². The normalized spacial score (nSPS) is 14.3. The van der Waals surface area contributed by atoms with Crippen LogP contribution in [0.25, 0.3) is 0 Å². The molecule has 0 saturated carbocycles. The SMILES string of the molecule is CC(C)CC(=O)N(Cc1cccc(F)c1)c1ccc(CC(=O)NCCN2CCCCC2)cc1. The highest BCUT2D eigenvalue weighted by molar-refractivity contribution is 5.93. The van der Waals surface area contributed by atoms with Gasteiger partial charge >= 0.3 is 0 Å². The number of nitrogens with zero attached hydrogens (tertiary/aromatic N) is 2. The summed E-state index contributed by atoms with van der Waals surface area (Å²) in [5, 5.41) is 3.01. The largest absolute Gasteiger partial charge is 0.355 e. The quantitative estimate of drug-likeness (QED) is 0.574. The highest BCUT2D eigenvalue weighted by Crippen LogP contribution is 2.21. The summed E-state index contributed by atoms with van der Waals surface area (Å²) in [6.45, 7) is 8.13. The van der Waals surface area contributed by atoms with E-state index in [-0.39, 0.29) is 23.5 Å². The number of hydrogen-bond acceptors (Lipinski definition) is 3. The Morgan fingerprint density at radius 3 is 2.42 bits per heavy atom. The standard InChI is InChI=1S/C27H36FN3O2/c1-21(2)17-27(33)31(20-23-7-6-8-24(28)18-23)25-11-9-22(10-12-25)19-26(32)29-13-16-30-14-4-3-5-15-30/h6-12,18,21H,3-5,13-17,19-20H2,1-2H3,(H,29,32). The third-order valence-corrected chi connectivity index (χ3v) is 5.93. The van der Waals surface area contributed by atoms with Gasteiger partial charge in [0, 0.05) is 25.2 Å². The van der Waals surface area contributed by atoms with Crippen molar-refractivity contribution in [2.45, 2.75) is 52.5 Å². The summed E-state index contributed by atoms with van der Waals surface area (Å²) < 4.78 is 13.7. The predicted octanol–water partition coefficient (Wildman–Crippen LogP) is 4.55. The van der Waals surface area contributed by atoms with E-state index in [1.807, 2.05) is 44.2 Å². The Bertz CT molecular complexity index is 908. The van der Waals surface area contributed by atoms with Crippen molar-refractivity contribution in [1.82, 2.24) is 10.2 Å². The molecule has 1 heterocycles. The molecule has 2 aromatic rings. The summed E-state index contributed by atoms with van der Waals surface area (Å²) in [5.74, 6) is -0.0875. The van der Waals surface area contributed by atoms with Crippen molar-refractivity contribution in [3.05, 3.63) is 65.5 Å². The van der Waals surface area contributed by atoms with Gasteiger partial charge in [-0.15, -0.1) is 0 Å². The third kappa shape index (κ3) is 8.28. The molecule has 0 spiro atoms. The number of carbonyl (C=O) groups is 2. The fourth-order valence-corrected chi connectivity index (χ4v) is 4.18. The zero-order chi connectivity index (χ0) is 23.6. The van der Waals surface area contributed by atoms with Crippen LogP contribution in [0.3, 0.4) is 0 Å². The first kappa shape index (κ1) is 24.9. The van der Waals surface area contributed by atoms with Gasteiger partial charge in [0.2, 0.25) is 11.8 Å². The number of nitrogens with one attached hydrogen (secondary N) is 1. The van der Waals surface area contributed by atoms with E-state index in [4.69, 9.17) is 0 Å². The molecule has 5 nitrogen and oxygen atoms in total. The molecule has 2 amide bonds. The molecular weight excluding hydrogens is 417 g/mol. The summed E-state index contributed by atoms with van der Waals surface area (Å²) in [6, 6.07) is 13.8. The zero-order valence-corrected chi connectivity index (χ0v) is 19.9. The monoisotopic (exact) mass is 453 g/mol. The molecule has 0 aromatic heterocycles. The lowest BCUT2D eigenvalue weighted by Crippen LogP contribution is -2.38. The molecule has 1 N–H and O–H groups in total. The molecule has 1 aliphatic heterocycles. The van der Waals surface area contributed by atoms with Crippen molar-refractivity contribution in [3.63, 3.8) is 0 Å². The van der Waals surface area contributed by atoms with Crippen molar-refractivity contribution >= 4 is 17.5 Å². The Labute approximate surface area is 197 Å². The molecule has 1 saturated heterocycles. The molecule has 0 aliphatic carbocycles. The molecule has 1 fully saturated rings. The number of amides is 2. The van der Waals surface area contributed by atoms with Gasteiger partial charge in [-0.05, 0) is 67.2 Å². The highest BCUT2D eigenvalue weighted by Gasteiger charge is 2.18. The van der Waals surface area contributed by atoms with E-state index in [1.165, 1.54) is 31.4 Å². The lowest BCUT2D eigenvalue weighted by Gasteiger charge is -2.26. The van der Waals surface area contributed by atoms with Crippen LogP contribution >= 0.6 is 0 Å². The molecule has 33 heavy (non-hydrogen) atoms. The van der Waals surface area contributed by atoms with Crippen LogP contribution in [0.15, 0.2) is 48.5 Å². The molecule has 178 valence electrons. The molecule has 0 bridgehead atoms. The van der Waals surface area contributed by atoms with E-state index in [0.29, 0.717) is 25.9 Å². The minimum absolute atomic E-state index is 0.00235. The van der Waals surface area contributed by atoms with Gasteiger partial charge in [0.05, 0.1) is 13.0 Å². The Morgan fingerprint density at radius 1 is 1.03 bits per heavy atom. The van der Waals surface area contributed by atoms with Crippen LogP contribution in [0.1, 0.15) is 50.7 Å². The van der Waals surface area contributed by atoms with Crippen LogP contribution in [0, 0.1) is 11.7 Å². The molecule has 3 rings (SSSR count). The summed E-state index contributed by atoms with van der Waals surface area (Å²) >= 11 is 0. The van der Waals surface area contributed by atoms with E-state index in [2.05, 4.69) is 10.2 Å². The number of rotatable bonds is 10. The van der Waals surface area contributed by atoms with Gasteiger partial charge < -0.3 is 15.1 Å². The Balaban J connectivity index is 1.59. The van der Waals surface area contributed by atoms with E-state index < -0.39 is 0 Å². The summed E-state index contributed by atoms with van der Waals surface area (Å²) in [5.41, 5.74) is 2.39. The van der Waals surface area contributed by atoms with E-state index in [0.717, 1.165) is 36.4 Å². The van der Waals surface area contributed by atoms with Crippen LogP contribution < -0.4 is 10.2 Å². The first-order chi connectivity index (χ1) is 15.9. The van der Waals surface area contributed by atoms with Crippen molar-refractivity contribution in [2.24, 2.45) is 5.92 Å². The fourth-order valence-electron chi connectivity index (χ4n) is 4.18. The maximum atomic E-state index is 13.7. The fraction of sp³-hybridized carbons (Fsp3) is 0.481. The Hall–Kier alpha value is -2.73. The first-order valence-electron chi connectivity index (χ1n) is 12.0. The molecule has 1 aliphatic rings. The van der Waals surface area contributed by atoms with Gasteiger partial charge in [0.25, 0.3) is 0 Å². The number of hydrogen-bond donors (Lipinski definition) is 1. The molecule has 0 unspecified atom stereocenters. The van der Waals surface area contributed by atoms with Crippen molar-refractivity contribution < 1.29 is 14.0 Å².